The second-order valence-corrected chi connectivity index (χ2v) is 10.0. The molecule has 0 bridgehead atoms. The first-order chi connectivity index (χ1) is 19.9. The fourth-order valence-corrected chi connectivity index (χ4v) is 5.23. The van der Waals surface area contributed by atoms with Crippen molar-refractivity contribution >= 4 is 28.3 Å². The van der Waals surface area contributed by atoms with E-state index >= 15 is 0 Å². The summed E-state index contributed by atoms with van der Waals surface area (Å²) in [6.45, 7) is 3.74. The van der Waals surface area contributed by atoms with Crippen molar-refractivity contribution in [2.24, 2.45) is 0 Å². The molecular formula is C34H27NO6. The van der Waals surface area contributed by atoms with E-state index in [1.807, 2.05) is 49.4 Å². The molecule has 1 amide bonds. The van der Waals surface area contributed by atoms with Crippen molar-refractivity contribution in [3.05, 3.63) is 135 Å². The number of fused-ring (bicyclic) bond motifs is 2. The molecule has 0 spiro atoms. The fourth-order valence-electron chi connectivity index (χ4n) is 5.23. The van der Waals surface area contributed by atoms with E-state index in [0.717, 1.165) is 11.1 Å². The number of aryl methyl sites for hydroxylation is 1. The van der Waals surface area contributed by atoms with Gasteiger partial charge in [-0.15, -0.1) is 0 Å². The first kappa shape index (κ1) is 26.1. The standard InChI is InChI=1S/C34H27NO6/c1-20-9-15-27-26(17-20)32(37)30-31(35(34(38)33(30)41-27)25-13-10-23(11-14-25)21(2)36)24-12-16-28(29(18-24)39-3)40-19-22-7-5-4-6-8-22/h4-18,31H,19H2,1-3H3. The molecule has 204 valence electrons. The Morgan fingerprint density at radius 1 is 0.902 bits per heavy atom. The van der Waals surface area contributed by atoms with Crippen LogP contribution < -0.4 is 19.8 Å². The van der Waals surface area contributed by atoms with Gasteiger partial charge in [0.2, 0.25) is 5.76 Å². The maximum absolute atomic E-state index is 14.0. The largest absolute Gasteiger partial charge is 0.493 e. The third-order valence-corrected chi connectivity index (χ3v) is 7.32. The van der Waals surface area contributed by atoms with Gasteiger partial charge in [0.05, 0.1) is 24.1 Å². The molecule has 0 saturated carbocycles. The van der Waals surface area contributed by atoms with E-state index in [2.05, 4.69) is 0 Å². The summed E-state index contributed by atoms with van der Waals surface area (Å²) in [5.74, 6) is 0.465. The van der Waals surface area contributed by atoms with Crippen molar-refractivity contribution in [2.75, 3.05) is 12.0 Å². The van der Waals surface area contributed by atoms with E-state index < -0.39 is 11.9 Å². The number of hydrogen-bond donors (Lipinski definition) is 0. The van der Waals surface area contributed by atoms with Crippen molar-refractivity contribution in [1.82, 2.24) is 0 Å². The Bertz CT molecular complexity index is 1860. The second kappa shape index (κ2) is 10.4. The van der Waals surface area contributed by atoms with E-state index in [-0.39, 0.29) is 22.5 Å². The van der Waals surface area contributed by atoms with Crippen molar-refractivity contribution < 1.29 is 23.5 Å². The van der Waals surface area contributed by atoms with Gasteiger partial charge in [0.1, 0.15) is 12.2 Å². The smallest absolute Gasteiger partial charge is 0.295 e. The topological polar surface area (TPSA) is 86.0 Å². The molecule has 1 aliphatic heterocycles. The Morgan fingerprint density at radius 3 is 2.37 bits per heavy atom. The van der Waals surface area contributed by atoms with Crippen LogP contribution >= 0.6 is 0 Å². The number of anilines is 1. The maximum Gasteiger partial charge on any atom is 0.295 e. The molecule has 0 radical (unpaired) electrons. The molecule has 41 heavy (non-hydrogen) atoms. The van der Waals surface area contributed by atoms with Crippen LogP contribution in [0.4, 0.5) is 5.69 Å². The van der Waals surface area contributed by atoms with Crippen LogP contribution in [0.15, 0.2) is 100 Å². The maximum atomic E-state index is 14.0. The van der Waals surface area contributed by atoms with Gasteiger partial charge in [-0.3, -0.25) is 19.3 Å². The van der Waals surface area contributed by atoms with E-state index in [9.17, 15) is 14.4 Å². The lowest BCUT2D eigenvalue weighted by Crippen LogP contribution is -2.29. The van der Waals surface area contributed by atoms with Crippen LogP contribution in [0.3, 0.4) is 0 Å². The molecule has 6 rings (SSSR count). The van der Waals surface area contributed by atoms with E-state index in [1.165, 1.54) is 11.8 Å². The van der Waals surface area contributed by atoms with Crippen LogP contribution in [0.1, 0.15) is 56.1 Å². The van der Waals surface area contributed by atoms with E-state index in [1.54, 1.807) is 55.6 Å². The second-order valence-electron chi connectivity index (χ2n) is 10.0. The minimum Gasteiger partial charge on any atom is -0.493 e. The zero-order valence-corrected chi connectivity index (χ0v) is 22.8. The lowest BCUT2D eigenvalue weighted by Gasteiger charge is -2.26. The monoisotopic (exact) mass is 545 g/mol. The summed E-state index contributed by atoms with van der Waals surface area (Å²) in [6, 6.07) is 26.4. The van der Waals surface area contributed by atoms with Gasteiger partial charge in [0.15, 0.2) is 22.7 Å². The molecule has 0 fully saturated rings. The average molecular weight is 546 g/mol. The molecular weight excluding hydrogens is 518 g/mol. The van der Waals surface area contributed by atoms with Crippen molar-refractivity contribution in [2.45, 2.75) is 26.5 Å². The molecule has 1 aliphatic rings. The Hall–Kier alpha value is -5.17. The van der Waals surface area contributed by atoms with Gasteiger partial charge in [-0.25, -0.2) is 0 Å². The van der Waals surface area contributed by atoms with Crippen LogP contribution in [0, 0.1) is 6.92 Å². The van der Waals surface area contributed by atoms with E-state index in [4.69, 9.17) is 13.9 Å². The van der Waals surface area contributed by atoms with Crippen molar-refractivity contribution in [3.8, 4) is 11.5 Å². The lowest BCUT2D eigenvalue weighted by atomic mass is 9.97. The summed E-state index contributed by atoms with van der Waals surface area (Å²) < 4.78 is 17.8. The van der Waals surface area contributed by atoms with Crippen LogP contribution in [-0.2, 0) is 6.61 Å². The summed E-state index contributed by atoms with van der Waals surface area (Å²) in [5.41, 5.74) is 3.94. The summed E-state index contributed by atoms with van der Waals surface area (Å²) in [4.78, 5) is 41.3. The quantitative estimate of drug-likeness (QED) is 0.213. The fraction of sp³-hybridized carbons (Fsp3) is 0.147. The molecule has 1 atom stereocenters. The van der Waals surface area contributed by atoms with Gasteiger partial charge in [-0.05, 0) is 73.5 Å². The number of carbonyl (C=O) groups excluding carboxylic acids is 2. The Kier molecular flexibility index (Phi) is 6.63. The number of rotatable bonds is 7. The molecule has 1 aromatic heterocycles. The summed E-state index contributed by atoms with van der Waals surface area (Å²) in [7, 11) is 1.55. The van der Waals surface area contributed by atoms with Gasteiger partial charge in [0.25, 0.3) is 5.91 Å². The molecule has 4 aromatic carbocycles. The molecule has 0 N–H and O–H groups in total. The molecule has 0 saturated heterocycles. The first-order valence-corrected chi connectivity index (χ1v) is 13.2. The highest BCUT2D eigenvalue weighted by Gasteiger charge is 2.44. The molecule has 2 heterocycles. The summed E-state index contributed by atoms with van der Waals surface area (Å²) >= 11 is 0. The summed E-state index contributed by atoms with van der Waals surface area (Å²) in [5, 5.41) is 0.408. The van der Waals surface area contributed by atoms with Crippen LogP contribution in [0.2, 0.25) is 0 Å². The van der Waals surface area contributed by atoms with Gasteiger partial charge >= 0.3 is 0 Å². The van der Waals surface area contributed by atoms with Gasteiger partial charge in [0, 0.05) is 11.3 Å². The minimum atomic E-state index is -0.793. The van der Waals surface area contributed by atoms with Crippen LogP contribution in [0.25, 0.3) is 11.0 Å². The Balaban J connectivity index is 1.49. The predicted molar refractivity (Wildman–Crippen MR) is 156 cm³/mol. The molecule has 0 aliphatic carbocycles. The summed E-state index contributed by atoms with van der Waals surface area (Å²) in [6.07, 6.45) is 0. The van der Waals surface area contributed by atoms with Gasteiger partial charge in [-0.1, -0.05) is 48.0 Å². The van der Waals surface area contributed by atoms with Crippen LogP contribution in [0.5, 0.6) is 11.5 Å². The third-order valence-electron chi connectivity index (χ3n) is 7.32. The first-order valence-electron chi connectivity index (χ1n) is 13.2. The van der Waals surface area contributed by atoms with Gasteiger partial charge < -0.3 is 13.9 Å². The van der Waals surface area contributed by atoms with Crippen molar-refractivity contribution in [3.63, 3.8) is 0 Å². The van der Waals surface area contributed by atoms with Crippen LogP contribution in [-0.4, -0.2) is 18.8 Å². The number of ketones is 1. The zero-order chi connectivity index (χ0) is 28.7. The third kappa shape index (κ3) is 4.65. The normalized spacial score (nSPS) is 14.3. The molecule has 5 aromatic rings. The number of Topliss-reactive ketones (excluding diaryl/α,β-unsaturated/α-hetero) is 1. The molecule has 7 heteroatoms. The van der Waals surface area contributed by atoms with Gasteiger partial charge in [-0.2, -0.15) is 0 Å². The minimum absolute atomic E-state index is 0.00429. The zero-order valence-electron chi connectivity index (χ0n) is 22.8. The molecule has 1 unspecified atom stereocenters. The number of nitrogens with zero attached hydrogens (tertiary/aromatic N) is 1. The number of ether oxygens (including phenoxy) is 2. The highest BCUT2D eigenvalue weighted by atomic mass is 16.5. The highest BCUT2D eigenvalue weighted by Crippen LogP contribution is 2.43. The SMILES string of the molecule is COc1cc(C2c3c(oc4ccc(C)cc4c3=O)C(=O)N2c2ccc(C(C)=O)cc2)ccc1OCc1ccccc1. The number of amides is 1. The number of carbonyl (C=O) groups is 2. The lowest BCUT2D eigenvalue weighted by molar-refractivity contribution is 0.0970. The number of methoxy groups -OCH3 is 1. The molecule has 7 nitrogen and oxygen atoms in total. The predicted octanol–water partition coefficient (Wildman–Crippen LogP) is 6.64. The number of benzene rings is 4. The Labute approximate surface area is 236 Å². The average Bonchev–Trinajstić information content (AvgIpc) is 3.29. The Morgan fingerprint density at radius 2 is 1.66 bits per heavy atom. The van der Waals surface area contributed by atoms with Crippen molar-refractivity contribution in [1.29, 1.82) is 0 Å². The van der Waals surface area contributed by atoms with E-state index in [0.29, 0.717) is 45.9 Å². The highest BCUT2D eigenvalue weighted by molar-refractivity contribution is 6.11. The number of hydrogen-bond acceptors (Lipinski definition) is 6.